The SMILES string of the molecule is CC1=c2nc(N)[nH]c2=CNC1C. The number of nitrogen functional groups attached to an aromatic ring is 1. The molecule has 4 N–H and O–H groups in total. The predicted octanol–water partition coefficient (Wildman–Crippen LogP) is -1.11. The third-order valence-corrected chi connectivity index (χ3v) is 2.25. The molecule has 4 heteroatoms. The molecule has 0 saturated heterocycles. The van der Waals surface area contributed by atoms with Gasteiger partial charge in [0.25, 0.3) is 0 Å². The zero-order chi connectivity index (χ0) is 8.72. The van der Waals surface area contributed by atoms with Crippen LogP contribution in [-0.2, 0) is 0 Å². The molecule has 1 aromatic rings. The maximum absolute atomic E-state index is 5.54. The van der Waals surface area contributed by atoms with Crippen LogP contribution < -0.4 is 21.7 Å². The first-order valence-electron chi connectivity index (χ1n) is 3.97. The third kappa shape index (κ3) is 0.879. The highest BCUT2D eigenvalue weighted by molar-refractivity contribution is 5.51. The van der Waals surface area contributed by atoms with Gasteiger partial charge in [0, 0.05) is 12.2 Å². The van der Waals surface area contributed by atoms with Crippen molar-refractivity contribution in [1.82, 2.24) is 15.3 Å². The van der Waals surface area contributed by atoms with E-state index in [4.69, 9.17) is 5.73 Å². The van der Waals surface area contributed by atoms with E-state index in [1.165, 1.54) is 5.57 Å². The smallest absolute Gasteiger partial charge is 0.198 e. The fraction of sp³-hybridized carbons (Fsp3) is 0.375. The summed E-state index contributed by atoms with van der Waals surface area (Å²) in [6.07, 6.45) is 1.91. The minimum atomic E-state index is 0.347. The van der Waals surface area contributed by atoms with E-state index in [9.17, 15) is 0 Å². The molecular formula is C8H12N4. The minimum absolute atomic E-state index is 0.347. The summed E-state index contributed by atoms with van der Waals surface area (Å²) in [5.41, 5.74) is 6.76. The molecule has 0 aliphatic carbocycles. The number of aromatic nitrogens is 2. The molecule has 1 aromatic heterocycles. The van der Waals surface area contributed by atoms with Crippen LogP contribution in [0.25, 0.3) is 11.8 Å². The van der Waals surface area contributed by atoms with Gasteiger partial charge >= 0.3 is 0 Å². The maximum Gasteiger partial charge on any atom is 0.198 e. The highest BCUT2D eigenvalue weighted by Gasteiger charge is 2.09. The highest BCUT2D eigenvalue weighted by Crippen LogP contribution is 1.99. The summed E-state index contributed by atoms with van der Waals surface area (Å²) in [6.45, 7) is 4.16. The van der Waals surface area contributed by atoms with Gasteiger partial charge in [-0.15, -0.1) is 0 Å². The molecule has 0 fully saturated rings. The van der Waals surface area contributed by atoms with Crippen molar-refractivity contribution in [1.29, 1.82) is 0 Å². The lowest BCUT2D eigenvalue weighted by Gasteiger charge is -2.14. The lowest BCUT2D eigenvalue weighted by molar-refractivity contribution is 0.792. The summed E-state index contributed by atoms with van der Waals surface area (Å²) in [7, 11) is 0. The number of hydrogen-bond acceptors (Lipinski definition) is 3. The third-order valence-electron chi connectivity index (χ3n) is 2.25. The summed E-state index contributed by atoms with van der Waals surface area (Å²) in [5.74, 6) is 0.478. The summed E-state index contributed by atoms with van der Waals surface area (Å²) in [6, 6.07) is 0.347. The van der Waals surface area contributed by atoms with Gasteiger partial charge in [0.2, 0.25) is 0 Å². The second-order valence-electron chi connectivity index (χ2n) is 3.10. The molecule has 0 saturated carbocycles. The number of nitrogens with zero attached hydrogens (tertiary/aromatic N) is 1. The van der Waals surface area contributed by atoms with Crippen molar-refractivity contribution in [3.63, 3.8) is 0 Å². The fourth-order valence-electron chi connectivity index (χ4n) is 1.35. The molecule has 1 atom stereocenters. The standard InChI is InChI=1S/C8H12N4/c1-4-5(2)10-3-6-7(4)12-8(9)11-6/h3,5,10H,1-2H3,(H3,9,11,12). The van der Waals surface area contributed by atoms with Gasteiger partial charge in [-0.1, -0.05) is 0 Å². The summed E-state index contributed by atoms with van der Waals surface area (Å²) < 4.78 is 0. The van der Waals surface area contributed by atoms with Crippen molar-refractivity contribution in [2.24, 2.45) is 0 Å². The molecule has 12 heavy (non-hydrogen) atoms. The Morgan fingerprint density at radius 2 is 2.33 bits per heavy atom. The summed E-state index contributed by atoms with van der Waals surface area (Å²) in [4.78, 5) is 7.17. The van der Waals surface area contributed by atoms with Gasteiger partial charge in [0.05, 0.1) is 10.7 Å². The van der Waals surface area contributed by atoms with E-state index in [0.29, 0.717) is 12.0 Å². The Balaban J connectivity index is 2.82. The minimum Gasteiger partial charge on any atom is -0.383 e. The number of hydrogen-bond donors (Lipinski definition) is 3. The molecule has 64 valence electrons. The van der Waals surface area contributed by atoms with Gasteiger partial charge in [0.1, 0.15) is 0 Å². The highest BCUT2D eigenvalue weighted by atomic mass is 15.0. The number of fused-ring (bicyclic) bond motifs is 1. The second-order valence-corrected chi connectivity index (χ2v) is 3.10. The number of anilines is 1. The average molecular weight is 164 g/mol. The zero-order valence-corrected chi connectivity index (χ0v) is 7.18. The molecule has 0 amide bonds. The van der Waals surface area contributed by atoms with E-state index in [2.05, 4.69) is 29.1 Å². The van der Waals surface area contributed by atoms with Crippen LogP contribution >= 0.6 is 0 Å². The number of imidazole rings is 1. The van der Waals surface area contributed by atoms with Crippen molar-refractivity contribution in [3.05, 3.63) is 10.7 Å². The van der Waals surface area contributed by atoms with Gasteiger partial charge in [-0.3, -0.25) is 0 Å². The molecule has 0 spiro atoms. The molecule has 2 rings (SSSR count). The first kappa shape index (κ1) is 7.21. The molecular weight excluding hydrogens is 152 g/mol. The van der Waals surface area contributed by atoms with Crippen LogP contribution in [0, 0.1) is 0 Å². The zero-order valence-electron chi connectivity index (χ0n) is 7.18. The lowest BCUT2D eigenvalue weighted by atomic mass is 10.1. The number of aromatic amines is 1. The Morgan fingerprint density at radius 1 is 1.58 bits per heavy atom. The van der Waals surface area contributed by atoms with Crippen LogP contribution in [0.1, 0.15) is 13.8 Å². The molecule has 1 aliphatic heterocycles. The Bertz CT molecular complexity index is 415. The van der Waals surface area contributed by atoms with Gasteiger partial charge in [0.15, 0.2) is 5.95 Å². The Kier molecular flexibility index (Phi) is 1.36. The molecule has 1 aliphatic rings. The molecule has 0 radical (unpaired) electrons. The van der Waals surface area contributed by atoms with E-state index >= 15 is 0 Å². The van der Waals surface area contributed by atoms with Crippen molar-refractivity contribution in [3.8, 4) is 0 Å². The largest absolute Gasteiger partial charge is 0.383 e. The molecule has 0 aromatic carbocycles. The summed E-state index contributed by atoms with van der Waals surface area (Å²) >= 11 is 0. The van der Waals surface area contributed by atoms with Crippen molar-refractivity contribution >= 4 is 17.7 Å². The van der Waals surface area contributed by atoms with Crippen LogP contribution in [0.5, 0.6) is 0 Å². The molecule has 0 bridgehead atoms. The molecule has 4 nitrogen and oxygen atoms in total. The van der Waals surface area contributed by atoms with Crippen LogP contribution in [0.4, 0.5) is 5.95 Å². The van der Waals surface area contributed by atoms with Gasteiger partial charge in [-0.05, 0) is 19.4 Å². The van der Waals surface area contributed by atoms with Crippen LogP contribution in [-0.4, -0.2) is 16.0 Å². The number of H-pyrrole nitrogens is 1. The van der Waals surface area contributed by atoms with E-state index in [1.54, 1.807) is 0 Å². The van der Waals surface area contributed by atoms with Gasteiger partial charge in [-0.2, -0.15) is 0 Å². The lowest BCUT2D eigenvalue weighted by Crippen LogP contribution is -2.40. The predicted molar refractivity (Wildman–Crippen MR) is 48.4 cm³/mol. The fourth-order valence-corrected chi connectivity index (χ4v) is 1.35. The van der Waals surface area contributed by atoms with Crippen LogP contribution in [0.2, 0.25) is 0 Å². The Morgan fingerprint density at radius 3 is 3.08 bits per heavy atom. The van der Waals surface area contributed by atoms with E-state index in [-0.39, 0.29) is 0 Å². The second kappa shape index (κ2) is 2.27. The van der Waals surface area contributed by atoms with Crippen molar-refractivity contribution in [2.45, 2.75) is 19.9 Å². The quantitative estimate of drug-likeness (QED) is 0.455. The topological polar surface area (TPSA) is 66.7 Å². The molecule has 1 unspecified atom stereocenters. The number of nitrogens with two attached hydrogens (primary N) is 1. The van der Waals surface area contributed by atoms with Crippen molar-refractivity contribution in [2.75, 3.05) is 5.73 Å². The first-order chi connectivity index (χ1) is 5.68. The number of rotatable bonds is 0. The van der Waals surface area contributed by atoms with Gasteiger partial charge < -0.3 is 16.0 Å². The normalized spacial score (nSPS) is 21.2. The van der Waals surface area contributed by atoms with E-state index in [0.717, 1.165) is 10.7 Å². The Hall–Kier alpha value is -1.45. The van der Waals surface area contributed by atoms with Gasteiger partial charge in [-0.25, -0.2) is 4.98 Å². The van der Waals surface area contributed by atoms with Crippen LogP contribution in [0.3, 0.4) is 0 Å². The van der Waals surface area contributed by atoms with Crippen LogP contribution in [0.15, 0.2) is 0 Å². The van der Waals surface area contributed by atoms with Crippen molar-refractivity contribution < 1.29 is 0 Å². The summed E-state index contributed by atoms with van der Waals surface area (Å²) in [5, 5.41) is 5.17. The monoisotopic (exact) mass is 164 g/mol. The first-order valence-corrected chi connectivity index (χ1v) is 3.97. The Labute approximate surface area is 70.2 Å². The molecule has 2 heterocycles. The maximum atomic E-state index is 5.54. The average Bonchev–Trinajstić information content (AvgIpc) is 2.39. The van der Waals surface area contributed by atoms with E-state index < -0.39 is 0 Å². The number of nitrogens with one attached hydrogen (secondary N) is 2. The van der Waals surface area contributed by atoms with E-state index in [1.807, 2.05) is 6.20 Å².